The quantitative estimate of drug-likeness (QED) is 0.725. The van der Waals surface area contributed by atoms with E-state index in [4.69, 9.17) is 9.84 Å². The number of pyridine rings is 1. The SMILES string of the molecule is COc1cc(CC(O)C(C)C)c(CNC(=O)O)cn1. The Bertz CT molecular complexity index is 435. The van der Waals surface area contributed by atoms with Crippen LogP contribution in [0.3, 0.4) is 0 Å². The molecule has 19 heavy (non-hydrogen) atoms. The van der Waals surface area contributed by atoms with Crippen molar-refractivity contribution in [1.82, 2.24) is 10.3 Å². The highest BCUT2D eigenvalue weighted by Gasteiger charge is 2.14. The van der Waals surface area contributed by atoms with Gasteiger partial charge in [-0.1, -0.05) is 13.8 Å². The van der Waals surface area contributed by atoms with E-state index in [1.807, 2.05) is 13.8 Å². The van der Waals surface area contributed by atoms with Crippen LogP contribution in [-0.4, -0.2) is 34.5 Å². The van der Waals surface area contributed by atoms with Gasteiger partial charge in [0.15, 0.2) is 0 Å². The highest BCUT2D eigenvalue weighted by atomic mass is 16.5. The van der Waals surface area contributed by atoms with Gasteiger partial charge in [0.2, 0.25) is 5.88 Å². The molecule has 6 heteroatoms. The van der Waals surface area contributed by atoms with Gasteiger partial charge in [-0.2, -0.15) is 0 Å². The van der Waals surface area contributed by atoms with E-state index < -0.39 is 12.2 Å². The molecule has 0 aromatic carbocycles. The molecule has 0 bridgehead atoms. The number of methoxy groups -OCH3 is 1. The molecule has 0 aliphatic heterocycles. The highest BCUT2D eigenvalue weighted by molar-refractivity contribution is 5.64. The molecule has 0 saturated heterocycles. The summed E-state index contributed by atoms with van der Waals surface area (Å²) in [5.41, 5.74) is 1.57. The Morgan fingerprint density at radius 3 is 2.68 bits per heavy atom. The van der Waals surface area contributed by atoms with E-state index >= 15 is 0 Å². The fraction of sp³-hybridized carbons (Fsp3) is 0.538. The Labute approximate surface area is 112 Å². The molecule has 0 aliphatic carbocycles. The number of ether oxygens (including phenoxy) is 1. The molecule has 1 heterocycles. The van der Waals surface area contributed by atoms with Crippen molar-refractivity contribution in [3.63, 3.8) is 0 Å². The Hall–Kier alpha value is -1.82. The molecule has 1 aromatic heterocycles. The van der Waals surface area contributed by atoms with Crippen LogP contribution in [0.4, 0.5) is 4.79 Å². The molecule has 106 valence electrons. The van der Waals surface area contributed by atoms with Gasteiger partial charge in [0.05, 0.1) is 13.2 Å². The van der Waals surface area contributed by atoms with E-state index in [2.05, 4.69) is 10.3 Å². The van der Waals surface area contributed by atoms with Gasteiger partial charge < -0.3 is 20.3 Å². The number of nitrogens with one attached hydrogen (secondary N) is 1. The number of amides is 1. The van der Waals surface area contributed by atoms with Crippen molar-refractivity contribution >= 4 is 6.09 Å². The van der Waals surface area contributed by atoms with Crippen molar-refractivity contribution in [2.75, 3.05) is 7.11 Å². The van der Waals surface area contributed by atoms with E-state index in [1.165, 1.54) is 7.11 Å². The monoisotopic (exact) mass is 268 g/mol. The van der Waals surface area contributed by atoms with Crippen molar-refractivity contribution in [3.05, 3.63) is 23.4 Å². The lowest BCUT2D eigenvalue weighted by atomic mass is 9.97. The number of hydrogen-bond donors (Lipinski definition) is 3. The average molecular weight is 268 g/mol. The second-order valence-corrected chi connectivity index (χ2v) is 4.67. The van der Waals surface area contributed by atoms with Crippen LogP contribution in [0.2, 0.25) is 0 Å². The number of aliphatic hydroxyl groups is 1. The van der Waals surface area contributed by atoms with Crippen molar-refractivity contribution < 1.29 is 19.7 Å². The number of aliphatic hydroxyl groups excluding tert-OH is 1. The van der Waals surface area contributed by atoms with E-state index in [-0.39, 0.29) is 12.5 Å². The molecule has 1 atom stereocenters. The summed E-state index contributed by atoms with van der Waals surface area (Å²) in [6, 6.07) is 1.73. The number of aromatic nitrogens is 1. The summed E-state index contributed by atoms with van der Waals surface area (Å²) in [4.78, 5) is 14.6. The zero-order chi connectivity index (χ0) is 14.4. The third-order valence-corrected chi connectivity index (χ3v) is 2.90. The van der Waals surface area contributed by atoms with Crippen molar-refractivity contribution in [3.8, 4) is 5.88 Å². The van der Waals surface area contributed by atoms with Gasteiger partial charge in [0.1, 0.15) is 0 Å². The predicted octanol–water partition coefficient (Wildman–Crippen LogP) is 1.42. The molecule has 0 fully saturated rings. The van der Waals surface area contributed by atoms with E-state index in [1.54, 1.807) is 12.3 Å². The smallest absolute Gasteiger partial charge is 0.404 e. The van der Waals surface area contributed by atoms with Crippen molar-refractivity contribution in [1.29, 1.82) is 0 Å². The molecule has 3 N–H and O–H groups in total. The molecule has 1 rings (SSSR count). The number of hydrogen-bond acceptors (Lipinski definition) is 4. The molecule has 0 aliphatic rings. The molecule has 1 unspecified atom stereocenters. The summed E-state index contributed by atoms with van der Waals surface area (Å²) in [7, 11) is 1.51. The standard InChI is InChI=1S/C13H20N2O4/c1-8(2)11(16)4-9-5-12(19-3)14-6-10(9)7-15-13(17)18/h5-6,8,11,15-16H,4,7H2,1-3H3,(H,17,18). The van der Waals surface area contributed by atoms with Gasteiger partial charge in [0.25, 0.3) is 0 Å². The van der Waals surface area contributed by atoms with Crippen LogP contribution in [0.1, 0.15) is 25.0 Å². The number of carbonyl (C=O) groups is 1. The number of nitrogens with zero attached hydrogens (tertiary/aromatic N) is 1. The summed E-state index contributed by atoms with van der Waals surface area (Å²) >= 11 is 0. The fourth-order valence-electron chi connectivity index (χ4n) is 1.60. The van der Waals surface area contributed by atoms with E-state index in [0.717, 1.165) is 11.1 Å². The minimum atomic E-state index is -1.09. The zero-order valence-electron chi connectivity index (χ0n) is 11.4. The first-order valence-corrected chi connectivity index (χ1v) is 6.10. The normalized spacial score (nSPS) is 12.3. The highest BCUT2D eigenvalue weighted by Crippen LogP contribution is 2.18. The Morgan fingerprint density at radius 2 is 2.16 bits per heavy atom. The summed E-state index contributed by atoms with van der Waals surface area (Å²) in [5.74, 6) is 0.574. The summed E-state index contributed by atoms with van der Waals surface area (Å²) < 4.78 is 5.05. The Morgan fingerprint density at radius 1 is 1.47 bits per heavy atom. The molecular weight excluding hydrogens is 248 g/mol. The lowest BCUT2D eigenvalue weighted by molar-refractivity contribution is 0.125. The maximum absolute atomic E-state index is 10.5. The van der Waals surface area contributed by atoms with Crippen LogP contribution in [0.5, 0.6) is 5.88 Å². The van der Waals surface area contributed by atoms with Crippen LogP contribution >= 0.6 is 0 Å². The molecular formula is C13H20N2O4. The minimum Gasteiger partial charge on any atom is -0.481 e. The van der Waals surface area contributed by atoms with Gasteiger partial charge in [-0.05, 0) is 23.5 Å². The van der Waals surface area contributed by atoms with Crippen LogP contribution < -0.4 is 10.1 Å². The second kappa shape index (κ2) is 6.94. The largest absolute Gasteiger partial charge is 0.481 e. The molecule has 0 spiro atoms. The predicted molar refractivity (Wildman–Crippen MR) is 70.2 cm³/mol. The van der Waals surface area contributed by atoms with Gasteiger partial charge in [-0.25, -0.2) is 9.78 Å². The molecule has 0 saturated carbocycles. The fourth-order valence-corrected chi connectivity index (χ4v) is 1.60. The maximum Gasteiger partial charge on any atom is 0.404 e. The number of carboxylic acid groups (broad SMARTS) is 1. The van der Waals surface area contributed by atoms with Gasteiger partial charge in [-0.15, -0.1) is 0 Å². The first-order valence-electron chi connectivity index (χ1n) is 6.10. The third-order valence-electron chi connectivity index (χ3n) is 2.90. The molecule has 6 nitrogen and oxygen atoms in total. The van der Waals surface area contributed by atoms with Gasteiger partial charge in [0, 0.05) is 18.8 Å². The van der Waals surface area contributed by atoms with Crippen LogP contribution in [0.25, 0.3) is 0 Å². The topological polar surface area (TPSA) is 91.7 Å². The van der Waals surface area contributed by atoms with Crippen molar-refractivity contribution in [2.45, 2.75) is 32.9 Å². The Kier molecular flexibility index (Phi) is 5.57. The second-order valence-electron chi connectivity index (χ2n) is 4.67. The van der Waals surface area contributed by atoms with Crippen molar-refractivity contribution in [2.24, 2.45) is 5.92 Å². The van der Waals surface area contributed by atoms with Gasteiger partial charge >= 0.3 is 6.09 Å². The third kappa shape index (κ3) is 4.75. The first-order chi connectivity index (χ1) is 8.93. The molecule has 1 aromatic rings. The van der Waals surface area contributed by atoms with Crippen LogP contribution in [0, 0.1) is 5.92 Å². The Balaban J connectivity index is 2.91. The zero-order valence-corrected chi connectivity index (χ0v) is 11.4. The minimum absolute atomic E-state index is 0.124. The van der Waals surface area contributed by atoms with Crippen LogP contribution in [-0.2, 0) is 13.0 Å². The van der Waals surface area contributed by atoms with E-state index in [0.29, 0.717) is 12.3 Å². The summed E-state index contributed by atoms with van der Waals surface area (Å²) in [6.07, 6.45) is 0.423. The lowest BCUT2D eigenvalue weighted by Crippen LogP contribution is -2.23. The molecule has 0 radical (unpaired) electrons. The maximum atomic E-state index is 10.5. The molecule has 1 amide bonds. The van der Waals surface area contributed by atoms with E-state index in [9.17, 15) is 9.90 Å². The average Bonchev–Trinajstić information content (AvgIpc) is 2.36. The van der Waals surface area contributed by atoms with Gasteiger partial charge in [-0.3, -0.25) is 0 Å². The summed E-state index contributed by atoms with van der Waals surface area (Å²) in [5, 5.41) is 20.9. The van der Waals surface area contributed by atoms with Crippen LogP contribution in [0.15, 0.2) is 12.3 Å². The lowest BCUT2D eigenvalue weighted by Gasteiger charge is -2.17. The summed E-state index contributed by atoms with van der Waals surface area (Å²) in [6.45, 7) is 4.02. The number of rotatable bonds is 6. The first kappa shape index (κ1) is 15.2.